The molecule has 0 radical (unpaired) electrons. The maximum absolute atomic E-state index is 5.72. The number of hydrogen-bond acceptors (Lipinski definition) is 5. The van der Waals surface area contributed by atoms with Crippen LogP contribution in [0.3, 0.4) is 0 Å². The van der Waals surface area contributed by atoms with E-state index in [0.29, 0.717) is 5.92 Å². The first-order valence-corrected chi connectivity index (χ1v) is 6.98. The van der Waals surface area contributed by atoms with Crippen LogP contribution in [0.4, 0.5) is 0 Å². The Morgan fingerprint density at radius 1 is 1.29 bits per heavy atom. The van der Waals surface area contributed by atoms with Crippen LogP contribution in [0.1, 0.15) is 42.4 Å². The van der Waals surface area contributed by atoms with Gasteiger partial charge in [-0.15, -0.1) is 10.2 Å². The van der Waals surface area contributed by atoms with Gasteiger partial charge in [0.1, 0.15) is 5.01 Å². The lowest BCUT2D eigenvalue weighted by Gasteiger charge is -2.25. The number of nitrogens with zero attached hydrogens (tertiary/aromatic N) is 4. The summed E-state index contributed by atoms with van der Waals surface area (Å²) >= 11 is 1.68. The second-order valence-corrected chi connectivity index (χ2v) is 5.82. The van der Waals surface area contributed by atoms with E-state index in [-0.39, 0.29) is 0 Å². The van der Waals surface area contributed by atoms with E-state index in [1.54, 1.807) is 11.3 Å². The zero-order chi connectivity index (χ0) is 11.8. The zero-order valence-corrected chi connectivity index (χ0v) is 10.8. The lowest BCUT2D eigenvalue weighted by atomic mass is 9.82. The van der Waals surface area contributed by atoms with Crippen LogP contribution in [0, 0.1) is 12.8 Å². The summed E-state index contributed by atoms with van der Waals surface area (Å²) in [5, 5.41) is 14.0. The maximum Gasteiger partial charge on any atom is 0.234 e. The monoisotopic (exact) mass is 251 g/mol. The van der Waals surface area contributed by atoms with Crippen molar-refractivity contribution in [3.8, 4) is 0 Å². The van der Waals surface area contributed by atoms with Crippen molar-refractivity contribution in [2.75, 3.05) is 6.54 Å². The van der Waals surface area contributed by atoms with Crippen molar-refractivity contribution in [1.82, 2.24) is 19.8 Å². The smallest absolute Gasteiger partial charge is 0.234 e. The molecule has 92 valence electrons. The van der Waals surface area contributed by atoms with Crippen molar-refractivity contribution in [2.45, 2.75) is 38.5 Å². The van der Waals surface area contributed by atoms with Crippen molar-refractivity contribution in [3.63, 3.8) is 0 Å². The summed E-state index contributed by atoms with van der Waals surface area (Å²) in [4.78, 5) is 0.915. The van der Waals surface area contributed by atoms with E-state index in [9.17, 15) is 0 Å². The molecule has 6 heteroatoms. The molecule has 1 saturated carbocycles. The minimum absolute atomic E-state index is 0.601. The molecule has 0 aromatic carbocycles. The molecule has 0 bridgehead atoms. The van der Waals surface area contributed by atoms with Crippen molar-refractivity contribution < 1.29 is 0 Å². The van der Waals surface area contributed by atoms with Crippen molar-refractivity contribution in [1.29, 1.82) is 0 Å². The Morgan fingerprint density at radius 2 is 2.06 bits per heavy atom. The van der Waals surface area contributed by atoms with Gasteiger partial charge in [-0.2, -0.15) is 9.61 Å². The maximum atomic E-state index is 5.72. The highest BCUT2D eigenvalue weighted by atomic mass is 32.1. The number of hydrogen-bond donors (Lipinski definition) is 1. The molecular weight excluding hydrogens is 234 g/mol. The van der Waals surface area contributed by atoms with Gasteiger partial charge in [-0.05, 0) is 45.1 Å². The minimum Gasteiger partial charge on any atom is -0.330 e. The molecule has 1 aliphatic carbocycles. The van der Waals surface area contributed by atoms with Crippen LogP contribution in [0.2, 0.25) is 0 Å². The molecule has 1 fully saturated rings. The molecule has 0 amide bonds. The van der Waals surface area contributed by atoms with Gasteiger partial charge in [0, 0.05) is 5.92 Å². The van der Waals surface area contributed by atoms with Gasteiger partial charge in [-0.25, -0.2) is 0 Å². The molecule has 0 atom stereocenters. The Balaban J connectivity index is 1.80. The molecular formula is C11H17N5S. The van der Waals surface area contributed by atoms with E-state index in [4.69, 9.17) is 5.73 Å². The highest BCUT2D eigenvalue weighted by Crippen LogP contribution is 2.36. The molecule has 5 nitrogen and oxygen atoms in total. The summed E-state index contributed by atoms with van der Waals surface area (Å²) in [5.74, 6) is 2.20. The second-order valence-electron chi connectivity index (χ2n) is 4.84. The lowest BCUT2D eigenvalue weighted by Crippen LogP contribution is -2.20. The summed E-state index contributed by atoms with van der Waals surface area (Å²) < 4.78 is 1.86. The Morgan fingerprint density at radius 3 is 2.71 bits per heavy atom. The van der Waals surface area contributed by atoms with E-state index in [2.05, 4.69) is 15.3 Å². The third-order valence-corrected chi connectivity index (χ3v) is 4.75. The van der Waals surface area contributed by atoms with Crippen LogP contribution in [-0.2, 0) is 0 Å². The highest BCUT2D eigenvalue weighted by molar-refractivity contribution is 7.16. The number of aromatic nitrogens is 4. The fourth-order valence-corrected chi connectivity index (χ4v) is 3.59. The van der Waals surface area contributed by atoms with Crippen molar-refractivity contribution in [2.24, 2.45) is 11.7 Å². The Labute approximate surface area is 104 Å². The minimum atomic E-state index is 0.601. The van der Waals surface area contributed by atoms with E-state index >= 15 is 0 Å². The van der Waals surface area contributed by atoms with Gasteiger partial charge in [0.15, 0.2) is 5.82 Å². The van der Waals surface area contributed by atoms with Gasteiger partial charge < -0.3 is 5.73 Å². The van der Waals surface area contributed by atoms with Gasteiger partial charge in [0.2, 0.25) is 4.96 Å². The predicted molar refractivity (Wildman–Crippen MR) is 67.1 cm³/mol. The molecule has 3 rings (SSSR count). The lowest BCUT2D eigenvalue weighted by molar-refractivity contribution is 0.331. The molecule has 2 heterocycles. The largest absolute Gasteiger partial charge is 0.330 e. The third kappa shape index (κ3) is 1.95. The second kappa shape index (κ2) is 4.34. The van der Waals surface area contributed by atoms with Crippen LogP contribution in [0.5, 0.6) is 0 Å². The number of rotatable bonds is 2. The van der Waals surface area contributed by atoms with Crippen LogP contribution < -0.4 is 5.73 Å². The molecule has 17 heavy (non-hydrogen) atoms. The molecule has 0 saturated heterocycles. The summed E-state index contributed by atoms with van der Waals surface area (Å²) in [6.07, 6.45) is 4.90. The Kier molecular flexibility index (Phi) is 2.84. The number of nitrogens with two attached hydrogens (primary N) is 1. The average Bonchev–Trinajstić information content (AvgIpc) is 2.92. The Hall–Kier alpha value is -1.01. The van der Waals surface area contributed by atoms with E-state index < -0.39 is 0 Å². The fraction of sp³-hybridized carbons (Fsp3) is 0.727. The predicted octanol–water partition coefficient (Wildman–Crippen LogP) is 1.73. The van der Waals surface area contributed by atoms with Gasteiger partial charge in [-0.3, -0.25) is 0 Å². The SMILES string of the molecule is Cc1nnc2sc(C3CCC(CN)CC3)nn12. The molecule has 2 aromatic rings. The van der Waals surface area contributed by atoms with E-state index in [1.807, 2.05) is 11.4 Å². The first-order chi connectivity index (χ1) is 8.28. The van der Waals surface area contributed by atoms with E-state index in [0.717, 1.165) is 23.2 Å². The summed E-state index contributed by atoms with van der Waals surface area (Å²) in [7, 11) is 0. The Bertz CT molecular complexity index is 509. The van der Waals surface area contributed by atoms with Crippen molar-refractivity contribution >= 4 is 16.3 Å². The van der Waals surface area contributed by atoms with Crippen molar-refractivity contribution in [3.05, 3.63) is 10.8 Å². The number of aryl methyl sites for hydroxylation is 1. The summed E-state index contributed by atoms with van der Waals surface area (Å²) in [6.45, 7) is 2.77. The quantitative estimate of drug-likeness (QED) is 0.882. The number of fused-ring (bicyclic) bond motifs is 1. The standard InChI is InChI=1S/C11H17N5S/c1-7-13-14-11-16(7)15-10(17-11)9-4-2-8(6-12)3-5-9/h8-9H,2-6,12H2,1H3. The molecule has 0 unspecified atom stereocenters. The van der Waals surface area contributed by atoms with Gasteiger partial charge >= 0.3 is 0 Å². The van der Waals surface area contributed by atoms with Gasteiger partial charge in [0.05, 0.1) is 0 Å². The van der Waals surface area contributed by atoms with E-state index in [1.165, 1.54) is 30.7 Å². The first-order valence-electron chi connectivity index (χ1n) is 6.16. The van der Waals surface area contributed by atoms with Gasteiger partial charge in [-0.1, -0.05) is 11.3 Å². The zero-order valence-electron chi connectivity index (χ0n) is 9.96. The van der Waals surface area contributed by atoms with Crippen LogP contribution in [-0.4, -0.2) is 26.4 Å². The van der Waals surface area contributed by atoms with Crippen LogP contribution in [0.25, 0.3) is 4.96 Å². The van der Waals surface area contributed by atoms with Gasteiger partial charge in [0.25, 0.3) is 0 Å². The van der Waals surface area contributed by atoms with Crippen LogP contribution >= 0.6 is 11.3 Å². The molecule has 0 spiro atoms. The molecule has 2 aromatic heterocycles. The third-order valence-electron chi connectivity index (χ3n) is 3.69. The summed E-state index contributed by atoms with van der Waals surface area (Å²) in [6, 6.07) is 0. The normalized spacial score (nSPS) is 25.5. The molecule has 2 N–H and O–H groups in total. The average molecular weight is 251 g/mol. The summed E-state index contributed by atoms with van der Waals surface area (Å²) in [5.41, 5.74) is 5.72. The highest BCUT2D eigenvalue weighted by Gasteiger charge is 2.24. The van der Waals surface area contributed by atoms with Crippen LogP contribution in [0.15, 0.2) is 0 Å². The molecule has 1 aliphatic rings. The topological polar surface area (TPSA) is 69.1 Å². The fourth-order valence-electron chi connectivity index (χ4n) is 2.54. The first kappa shape index (κ1) is 11.1. The molecule has 0 aliphatic heterocycles.